The number of carbonyl (C=O) groups excluding carboxylic acids is 1. The number of halogens is 3. The number of carboxylic acids is 1. The van der Waals surface area contributed by atoms with Gasteiger partial charge >= 0.3 is 5.97 Å². The highest BCUT2D eigenvalue weighted by atomic mass is 32.2. The molecule has 6 rings (SSSR count). The van der Waals surface area contributed by atoms with Gasteiger partial charge in [0.25, 0.3) is 0 Å². The van der Waals surface area contributed by atoms with E-state index < -0.39 is 54.8 Å². The first-order chi connectivity index (χ1) is 28.1. The summed E-state index contributed by atoms with van der Waals surface area (Å²) in [5.74, 6) is -6.70. The number of rotatable bonds is 13. The third-order valence-corrected chi connectivity index (χ3v) is 12.0. The first-order valence-electron chi connectivity index (χ1n) is 18.6. The zero-order valence-electron chi connectivity index (χ0n) is 31.3. The minimum Gasteiger partial charge on any atom is -0.508 e. The molecule has 0 atom stereocenters. The lowest BCUT2D eigenvalue weighted by Gasteiger charge is -2.25. The number of primary sulfonamides is 1. The van der Waals surface area contributed by atoms with Crippen LogP contribution in [0.25, 0.3) is 33.4 Å². The third-order valence-electron chi connectivity index (χ3n) is 9.74. The number of sulfonamides is 1. The van der Waals surface area contributed by atoms with E-state index in [2.05, 4.69) is 21.3 Å². The van der Waals surface area contributed by atoms with Gasteiger partial charge < -0.3 is 35.9 Å². The number of aromatic hydroxyl groups is 1. The van der Waals surface area contributed by atoms with Crippen LogP contribution in [0, 0.1) is 17.5 Å². The Hall–Kier alpha value is -5.37. The number of thiocarbonyl (C=S) groups is 1. The summed E-state index contributed by atoms with van der Waals surface area (Å²) in [5.41, 5.74) is 0.948. The number of hydrogen-bond acceptors (Lipinski definition) is 10. The van der Waals surface area contributed by atoms with Crippen LogP contribution in [0.5, 0.6) is 5.75 Å². The minimum absolute atomic E-state index is 0.0796. The monoisotopic (exact) mass is 871 g/mol. The van der Waals surface area contributed by atoms with Crippen molar-refractivity contribution in [3.63, 3.8) is 0 Å². The number of carboxylic acid groups (broad SMARTS) is 1. The Kier molecular flexibility index (Phi) is 13.7. The van der Waals surface area contributed by atoms with E-state index in [1.165, 1.54) is 30.3 Å². The predicted octanol–water partition coefficient (Wildman–Crippen LogP) is 7.14. The van der Waals surface area contributed by atoms with Gasteiger partial charge in [0.05, 0.1) is 16.1 Å². The van der Waals surface area contributed by atoms with Gasteiger partial charge in [-0.3, -0.25) is 9.59 Å². The molecule has 1 amide bonds. The van der Waals surface area contributed by atoms with Crippen molar-refractivity contribution in [2.24, 2.45) is 5.14 Å². The third kappa shape index (κ3) is 10.3. The fourth-order valence-corrected chi connectivity index (χ4v) is 8.90. The Morgan fingerprint density at radius 3 is 2.31 bits per heavy atom. The van der Waals surface area contributed by atoms with Crippen molar-refractivity contribution < 1.29 is 45.8 Å². The van der Waals surface area contributed by atoms with E-state index in [0.717, 1.165) is 32.1 Å². The van der Waals surface area contributed by atoms with E-state index in [4.69, 9.17) is 21.8 Å². The molecule has 312 valence electrons. The number of nitrogens with one attached hydrogen (secondary N) is 4. The minimum atomic E-state index is -4.95. The van der Waals surface area contributed by atoms with Crippen molar-refractivity contribution in [3.05, 3.63) is 87.8 Å². The molecule has 2 aliphatic carbocycles. The molecular weight excluding hydrogens is 832 g/mol. The van der Waals surface area contributed by atoms with Crippen molar-refractivity contribution in [1.82, 2.24) is 10.6 Å². The van der Waals surface area contributed by atoms with E-state index in [0.29, 0.717) is 52.4 Å². The fraction of sp³-hybridized carbons (Fsp3) is 0.300. The van der Waals surface area contributed by atoms with Gasteiger partial charge in [-0.1, -0.05) is 38.2 Å². The molecule has 1 heterocycles. The summed E-state index contributed by atoms with van der Waals surface area (Å²) in [6.07, 6.45) is 5.69. The fourth-order valence-electron chi connectivity index (χ4n) is 6.99. The lowest BCUT2D eigenvalue weighted by molar-refractivity contribution is -0.120. The molecule has 0 unspecified atom stereocenters. The largest absolute Gasteiger partial charge is 0.508 e. The van der Waals surface area contributed by atoms with Crippen LogP contribution in [0.2, 0.25) is 0 Å². The number of carbonyl (C=O) groups is 2. The van der Waals surface area contributed by atoms with Crippen LogP contribution in [0.3, 0.4) is 0 Å². The Bertz CT molecular complexity index is 2570. The number of benzene rings is 4. The van der Waals surface area contributed by atoms with Crippen LogP contribution in [-0.2, 0) is 14.8 Å². The Balaban J connectivity index is 1.06. The van der Waals surface area contributed by atoms with Gasteiger partial charge in [-0.05, 0) is 67.0 Å². The first-order valence-corrected chi connectivity index (χ1v) is 21.6. The molecule has 3 aliphatic rings. The molecule has 1 fully saturated rings. The lowest BCUT2D eigenvalue weighted by atomic mass is 9.90. The summed E-state index contributed by atoms with van der Waals surface area (Å²) < 4.78 is 75.7. The SMILES string of the molecule is NS(=O)(=O)c1c(F)c(F)c(SCCC(=O)NCCNC(=S)Nc2ccc(-c3c4ccc(=O)cc-4oc4cc(O)ccc34)c(C(=O)O)c2)c(NC2CCCCCCC2)c1F. The molecule has 0 spiro atoms. The maximum Gasteiger partial charge on any atom is 0.336 e. The average molecular weight is 872 g/mol. The molecule has 0 aromatic heterocycles. The standard InChI is InChI=1S/C40H40F3N5O8S3/c41-33-34(42)38(59(44,54)55)35(43)36(47-21-6-4-2-1-3-5-7-21)37(33)58-17-14-31(51)45-15-16-46-40(57)48-22-8-11-25(28(18-22)39(52)53)32-26-12-9-23(49)19-29(26)56-30-20-24(50)10-13-27(30)32/h8-13,18-21,47,49H,1-7,14-17H2,(H,45,51)(H,52,53)(H2,44,54,55)(H2,46,48,57). The number of anilines is 2. The number of amides is 1. The Morgan fingerprint density at radius 2 is 1.59 bits per heavy atom. The van der Waals surface area contributed by atoms with Crippen LogP contribution >= 0.6 is 24.0 Å². The van der Waals surface area contributed by atoms with Gasteiger partial charge in [0, 0.05) is 65.6 Å². The highest BCUT2D eigenvalue weighted by Gasteiger charge is 2.32. The zero-order chi connectivity index (χ0) is 42.4. The summed E-state index contributed by atoms with van der Waals surface area (Å²) in [7, 11) is -4.95. The predicted molar refractivity (Wildman–Crippen MR) is 223 cm³/mol. The molecule has 19 heteroatoms. The molecule has 0 bridgehead atoms. The van der Waals surface area contributed by atoms with Crippen molar-refractivity contribution in [1.29, 1.82) is 0 Å². The summed E-state index contributed by atoms with van der Waals surface area (Å²) >= 11 is 6.04. The molecule has 0 saturated heterocycles. The summed E-state index contributed by atoms with van der Waals surface area (Å²) in [6, 6.07) is 12.8. The van der Waals surface area contributed by atoms with Crippen LogP contribution < -0.4 is 31.8 Å². The second-order valence-electron chi connectivity index (χ2n) is 13.9. The Labute approximate surface area is 346 Å². The summed E-state index contributed by atoms with van der Waals surface area (Å²) in [4.78, 5) is 35.3. The lowest BCUT2D eigenvalue weighted by Crippen LogP contribution is -2.36. The van der Waals surface area contributed by atoms with E-state index in [1.807, 2.05) is 0 Å². The van der Waals surface area contributed by atoms with E-state index in [1.54, 1.807) is 24.3 Å². The second-order valence-corrected chi connectivity index (χ2v) is 16.9. The molecule has 3 aromatic carbocycles. The normalized spacial score (nSPS) is 13.8. The van der Waals surface area contributed by atoms with Gasteiger partial charge in [-0.15, -0.1) is 11.8 Å². The van der Waals surface area contributed by atoms with Crippen LogP contribution in [0.4, 0.5) is 24.5 Å². The zero-order valence-corrected chi connectivity index (χ0v) is 33.8. The van der Waals surface area contributed by atoms with Gasteiger partial charge in [0.1, 0.15) is 17.1 Å². The van der Waals surface area contributed by atoms with E-state index in [-0.39, 0.29) is 64.5 Å². The van der Waals surface area contributed by atoms with Crippen molar-refractivity contribution in [2.45, 2.75) is 67.2 Å². The first kappa shape index (κ1) is 43.2. The number of phenols is 1. The van der Waals surface area contributed by atoms with Gasteiger partial charge in [0.15, 0.2) is 32.9 Å². The number of aromatic carboxylic acids is 1. The molecular formula is C40H40F3N5O8S3. The highest BCUT2D eigenvalue weighted by Crippen LogP contribution is 2.43. The van der Waals surface area contributed by atoms with Crippen LogP contribution in [-0.4, -0.2) is 60.5 Å². The molecule has 59 heavy (non-hydrogen) atoms. The van der Waals surface area contributed by atoms with Crippen molar-refractivity contribution >= 4 is 73.3 Å². The molecule has 0 radical (unpaired) electrons. The van der Waals surface area contributed by atoms with Gasteiger partial charge in [0.2, 0.25) is 15.9 Å². The van der Waals surface area contributed by atoms with Gasteiger partial charge in [-0.25, -0.2) is 31.5 Å². The summed E-state index contributed by atoms with van der Waals surface area (Å²) in [5, 5.41) is 37.3. The number of hydrogen-bond donors (Lipinski definition) is 7. The van der Waals surface area contributed by atoms with E-state index in [9.17, 15) is 37.4 Å². The number of fused-ring (bicyclic) bond motifs is 2. The van der Waals surface area contributed by atoms with Gasteiger partial charge in [-0.2, -0.15) is 0 Å². The molecule has 8 N–H and O–H groups in total. The molecule has 1 saturated carbocycles. The molecule has 13 nitrogen and oxygen atoms in total. The molecule has 1 aliphatic heterocycles. The number of nitrogens with two attached hydrogens (primary N) is 1. The second kappa shape index (κ2) is 18.7. The summed E-state index contributed by atoms with van der Waals surface area (Å²) in [6.45, 7) is 0.226. The quantitative estimate of drug-likeness (QED) is 0.0206. The topological polar surface area (TPSA) is 213 Å². The maximum atomic E-state index is 15.6. The average Bonchev–Trinajstić information content (AvgIpc) is 3.16. The number of thioether (sulfide) groups is 1. The van der Waals surface area contributed by atoms with Crippen LogP contribution in [0.15, 0.2) is 73.6 Å². The van der Waals surface area contributed by atoms with E-state index >= 15 is 8.78 Å². The maximum absolute atomic E-state index is 15.6. The number of phenolic OH excluding ortho intramolecular Hbond substituents is 1. The Morgan fingerprint density at radius 1 is 0.898 bits per heavy atom. The van der Waals surface area contributed by atoms with Crippen molar-refractivity contribution in [2.75, 3.05) is 29.5 Å². The highest BCUT2D eigenvalue weighted by molar-refractivity contribution is 7.99. The smallest absolute Gasteiger partial charge is 0.336 e. The van der Waals surface area contributed by atoms with Crippen LogP contribution in [0.1, 0.15) is 61.7 Å². The molecule has 3 aromatic rings. The van der Waals surface area contributed by atoms with Crippen molar-refractivity contribution in [3.8, 4) is 28.2 Å².